The van der Waals surface area contributed by atoms with Crippen LogP contribution in [-0.4, -0.2) is 46.2 Å². The van der Waals surface area contributed by atoms with E-state index in [0.29, 0.717) is 5.82 Å². The average molecular weight is 422 g/mol. The summed E-state index contributed by atoms with van der Waals surface area (Å²) in [7, 11) is 0. The van der Waals surface area contributed by atoms with Crippen LogP contribution in [0.1, 0.15) is 30.2 Å². The van der Waals surface area contributed by atoms with E-state index in [4.69, 9.17) is 14.7 Å². The van der Waals surface area contributed by atoms with E-state index in [1.54, 1.807) is 12.4 Å². The van der Waals surface area contributed by atoms with Crippen molar-refractivity contribution in [2.45, 2.75) is 32.9 Å². The Kier molecular flexibility index (Phi) is 7.17. The molecule has 1 aliphatic rings. The predicted octanol–water partition coefficient (Wildman–Crippen LogP) is 4.07. The quantitative estimate of drug-likeness (QED) is 0.526. The molecule has 0 fully saturated rings. The molecule has 0 bridgehead atoms. The van der Waals surface area contributed by atoms with Gasteiger partial charge in [0.15, 0.2) is 5.82 Å². The molecular weight excluding hydrogens is 393 g/mol. The molecule has 3 aromatic rings. The minimum atomic E-state index is -0.206. The molecule has 0 amide bonds. The van der Waals surface area contributed by atoms with E-state index >= 15 is 0 Å². The number of benzene rings is 1. The molecule has 0 unspecified atom stereocenters. The highest BCUT2D eigenvalue weighted by Gasteiger charge is 2.23. The van der Waals surface area contributed by atoms with Crippen LogP contribution < -0.4 is 5.32 Å². The van der Waals surface area contributed by atoms with Crippen molar-refractivity contribution >= 4 is 5.82 Å². The molecule has 1 aliphatic heterocycles. The van der Waals surface area contributed by atoms with Crippen LogP contribution in [0.5, 0.6) is 0 Å². The van der Waals surface area contributed by atoms with Crippen LogP contribution in [-0.2, 0) is 24.2 Å². The Hall–Kier alpha value is -2.90. The number of hydrogen-bond donors (Lipinski definition) is 1. The Morgan fingerprint density at radius 3 is 2.81 bits per heavy atom. The molecule has 0 radical (unpaired) electrons. The molecule has 4 rings (SSSR count). The summed E-state index contributed by atoms with van der Waals surface area (Å²) in [6.45, 7) is 6.67. The molecule has 3 heterocycles. The van der Waals surface area contributed by atoms with E-state index in [-0.39, 0.29) is 5.82 Å². The van der Waals surface area contributed by atoms with Crippen molar-refractivity contribution in [3.63, 3.8) is 0 Å². The third-order valence-electron chi connectivity index (χ3n) is 5.34. The van der Waals surface area contributed by atoms with Crippen molar-refractivity contribution in [1.82, 2.24) is 19.9 Å². The van der Waals surface area contributed by atoms with E-state index in [0.717, 1.165) is 80.4 Å². The zero-order chi connectivity index (χ0) is 21.5. The number of halogens is 1. The Balaban J connectivity index is 1.55. The van der Waals surface area contributed by atoms with Gasteiger partial charge in [-0.1, -0.05) is 12.1 Å². The van der Waals surface area contributed by atoms with Gasteiger partial charge in [-0.25, -0.2) is 14.4 Å². The normalized spacial score (nSPS) is 13.7. The van der Waals surface area contributed by atoms with Crippen molar-refractivity contribution in [3.8, 4) is 11.4 Å². The molecule has 0 atom stereocenters. The first kappa shape index (κ1) is 21.3. The standard InChI is InChI=1S/C24H28FN5O/c1-2-31-14-4-12-27-24-21-17-30(16-18-6-8-20(25)9-7-18)13-10-22(21)28-23(29-24)19-5-3-11-26-15-19/h3,5-9,11,15H,2,4,10,12-14,16-17H2,1H3,(H,27,28,29). The number of pyridine rings is 1. The fourth-order valence-corrected chi connectivity index (χ4v) is 3.75. The predicted molar refractivity (Wildman–Crippen MR) is 119 cm³/mol. The molecule has 31 heavy (non-hydrogen) atoms. The van der Waals surface area contributed by atoms with Crippen LogP contribution in [0.2, 0.25) is 0 Å². The Labute approximate surface area is 182 Å². The summed E-state index contributed by atoms with van der Waals surface area (Å²) < 4.78 is 18.7. The summed E-state index contributed by atoms with van der Waals surface area (Å²) in [6, 6.07) is 10.6. The molecule has 1 N–H and O–H groups in total. The number of nitrogens with one attached hydrogen (secondary N) is 1. The van der Waals surface area contributed by atoms with Crippen LogP contribution >= 0.6 is 0 Å². The summed E-state index contributed by atoms with van der Waals surface area (Å²) in [5.41, 5.74) is 4.23. The van der Waals surface area contributed by atoms with Crippen molar-refractivity contribution in [2.24, 2.45) is 0 Å². The second-order valence-electron chi connectivity index (χ2n) is 7.63. The van der Waals surface area contributed by atoms with E-state index in [1.165, 1.54) is 12.1 Å². The summed E-state index contributed by atoms with van der Waals surface area (Å²) >= 11 is 0. The maximum absolute atomic E-state index is 13.2. The fourth-order valence-electron chi connectivity index (χ4n) is 3.75. The molecule has 0 aliphatic carbocycles. The average Bonchev–Trinajstić information content (AvgIpc) is 2.81. The number of rotatable bonds is 9. The van der Waals surface area contributed by atoms with Gasteiger partial charge in [0.2, 0.25) is 0 Å². The van der Waals surface area contributed by atoms with Crippen LogP contribution in [0.25, 0.3) is 11.4 Å². The minimum Gasteiger partial charge on any atom is -0.382 e. The van der Waals surface area contributed by atoms with Gasteiger partial charge < -0.3 is 10.1 Å². The van der Waals surface area contributed by atoms with Gasteiger partial charge in [0.25, 0.3) is 0 Å². The van der Waals surface area contributed by atoms with Crippen LogP contribution in [0.15, 0.2) is 48.8 Å². The summed E-state index contributed by atoms with van der Waals surface area (Å²) in [4.78, 5) is 16.3. The molecule has 162 valence electrons. The maximum atomic E-state index is 13.2. The Morgan fingerprint density at radius 1 is 1.16 bits per heavy atom. The van der Waals surface area contributed by atoms with Gasteiger partial charge in [-0.3, -0.25) is 9.88 Å². The van der Waals surface area contributed by atoms with Gasteiger partial charge in [0, 0.05) is 69.3 Å². The highest BCUT2D eigenvalue weighted by Crippen LogP contribution is 2.28. The molecule has 0 saturated carbocycles. The monoisotopic (exact) mass is 421 g/mol. The van der Waals surface area contributed by atoms with Crippen molar-refractivity contribution in [3.05, 3.63) is 71.4 Å². The molecule has 6 nitrogen and oxygen atoms in total. The molecule has 7 heteroatoms. The lowest BCUT2D eigenvalue weighted by molar-refractivity contribution is 0.147. The van der Waals surface area contributed by atoms with Gasteiger partial charge in [0.05, 0.1) is 5.69 Å². The number of anilines is 1. The lowest BCUT2D eigenvalue weighted by Gasteiger charge is -2.30. The van der Waals surface area contributed by atoms with E-state index in [1.807, 2.05) is 31.2 Å². The summed E-state index contributed by atoms with van der Waals surface area (Å²) in [6.07, 6.45) is 5.31. The maximum Gasteiger partial charge on any atom is 0.163 e. The first-order valence-corrected chi connectivity index (χ1v) is 10.8. The Morgan fingerprint density at radius 2 is 2.03 bits per heavy atom. The number of ether oxygens (including phenoxy) is 1. The second kappa shape index (κ2) is 10.4. The fraction of sp³-hybridized carbons (Fsp3) is 0.375. The van der Waals surface area contributed by atoms with Gasteiger partial charge in [-0.2, -0.15) is 0 Å². The molecule has 0 spiro atoms. The van der Waals surface area contributed by atoms with E-state index in [9.17, 15) is 4.39 Å². The van der Waals surface area contributed by atoms with Crippen LogP contribution in [0, 0.1) is 5.82 Å². The van der Waals surface area contributed by atoms with Gasteiger partial charge in [0.1, 0.15) is 11.6 Å². The third kappa shape index (κ3) is 5.62. The largest absolute Gasteiger partial charge is 0.382 e. The Bertz CT molecular complexity index is 981. The highest BCUT2D eigenvalue weighted by atomic mass is 19.1. The van der Waals surface area contributed by atoms with Crippen LogP contribution in [0.4, 0.5) is 10.2 Å². The van der Waals surface area contributed by atoms with Gasteiger partial charge in [-0.05, 0) is 43.2 Å². The van der Waals surface area contributed by atoms with Gasteiger partial charge in [-0.15, -0.1) is 0 Å². The SMILES string of the molecule is CCOCCCNc1nc(-c2cccnc2)nc2c1CN(Cc1ccc(F)cc1)CC2. The molecule has 2 aromatic heterocycles. The first-order chi connectivity index (χ1) is 15.2. The number of hydrogen-bond acceptors (Lipinski definition) is 6. The minimum absolute atomic E-state index is 0.206. The molecular formula is C24H28FN5O. The first-order valence-electron chi connectivity index (χ1n) is 10.8. The smallest absolute Gasteiger partial charge is 0.163 e. The zero-order valence-electron chi connectivity index (χ0n) is 17.9. The van der Waals surface area contributed by atoms with E-state index in [2.05, 4.69) is 15.2 Å². The third-order valence-corrected chi connectivity index (χ3v) is 5.34. The van der Waals surface area contributed by atoms with Gasteiger partial charge >= 0.3 is 0 Å². The second-order valence-corrected chi connectivity index (χ2v) is 7.63. The topological polar surface area (TPSA) is 63.2 Å². The summed E-state index contributed by atoms with van der Waals surface area (Å²) in [5.74, 6) is 1.37. The highest BCUT2D eigenvalue weighted by molar-refractivity contribution is 5.59. The van der Waals surface area contributed by atoms with Crippen LogP contribution in [0.3, 0.4) is 0 Å². The number of fused-ring (bicyclic) bond motifs is 1. The molecule has 0 saturated heterocycles. The lowest BCUT2D eigenvalue weighted by atomic mass is 10.0. The van der Waals surface area contributed by atoms with Crippen molar-refractivity contribution in [2.75, 3.05) is 31.6 Å². The zero-order valence-corrected chi connectivity index (χ0v) is 17.9. The van der Waals surface area contributed by atoms with E-state index < -0.39 is 0 Å². The van der Waals surface area contributed by atoms with Crippen molar-refractivity contribution < 1.29 is 9.13 Å². The number of aromatic nitrogens is 3. The lowest BCUT2D eigenvalue weighted by Crippen LogP contribution is -2.32. The van der Waals surface area contributed by atoms with Crippen molar-refractivity contribution in [1.29, 1.82) is 0 Å². The number of nitrogens with zero attached hydrogens (tertiary/aromatic N) is 4. The summed E-state index contributed by atoms with van der Waals surface area (Å²) in [5, 5.41) is 3.51. The molecule has 1 aromatic carbocycles.